The molecule has 19 heavy (non-hydrogen) atoms. The van der Waals surface area contributed by atoms with Crippen molar-refractivity contribution in [1.29, 1.82) is 0 Å². The molecule has 3 rings (SSSR count). The molecule has 0 amide bonds. The summed E-state index contributed by atoms with van der Waals surface area (Å²) < 4.78 is 15.8. The van der Waals surface area contributed by atoms with Crippen LogP contribution in [0.1, 0.15) is 38.1 Å². The molecule has 0 N–H and O–H groups in total. The number of imidazole rings is 1. The van der Waals surface area contributed by atoms with Gasteiger partial charge in [0.2, 0.25) is 0 Å². The molecule has 102 valence electrons. The molecule has 1 aliphatic carbocycles. The first-order valence-electron chi connectivity index (χ1n) is 6.53. The summed E-state index contributed by atoms with van der Waals surface area (Å²) in [4.78, 5) is 4.47. The van der Waals surface area contributed by atoms with Crippen LogP contribution in [0.4, 0.5) is 4.39 Å². The lowest BCUT2D eigenvalue weighted by Crippen LogP contribution is -2.24. The summed E-state index contributed by atoms with van der Waals surface area (Å²) in [5.41, 5.74) is 1.50. The van der Waals surface area contributed by atoms with E-state index in [9.17, 15) is 4.39 Å². The van der Waals surface area contributed by atoms with Crippen LogP contribution < -0.4 is 0 Å². The Balaban J connectivity index is 2.16. The summed E-state index contributed by atoms with van der Waals surface area (Å²) in [6, 6.07) is 3.34. The predicted octanol–water partition coefficient (Wildman–Crippen LogP) is 4.93. The Morgan fingerprint density at radius 2 is 2.21 bits per heavy atom. The lowest BCUT2D eigenvalue weighted by Gasteiger charge is -2.33. The maximum atomic E-state index is 13.7. The molecular formula is C14H15Cl2FN2. The van der Waals surface area contributed by atoms with Crippen molar-refractivity contribution >= 4 is 34.2 Å². The molecule has 1 saturated carbocycles. The number of benzene rings is 1. The minimum Gasteiger partial charge on any atom is -0.324 e. The van der Waals surface area contributed by atoms with Crippen LogP contribution in [0.2, 0.25) is 5.02 Å². The van der Waals surface area contributed by atoms with Crippen molar-refractivity contribution in [2.45, 2.75) is 38.1 Å². The molecule has 0 spiro atoms. The van der Waals surface area contributed by atoms with Gasteiger partial charge in [0.1, 0.15) is 11.6 Å². The van der Waals surface area contributed by atoms with Gasteiger partial charge >= 0.3 is 0 Å². The van der Waals surface area contributed by atoms with Gasteiger partial charge in [-0.05, 0) is 31.7 Å². The fraction of sp³-hybridized carbons (Fsp3) is 0.500. The van der Waals surface area contributed by atoms with Gasteiger partial charge in [-0.3, -0.25) is 0 Å². The van der Waals surface area contributed by atoms with Crippen molar-refractivity contribution in [2.75, 3.05) is 0 Å². The van der Waals surface area contributed by atoms with E-state index in [0.29, 0.717) is 23.4 Å². The van der Waals surface area contributed by atoms with Crippen LogP contribution in [-0.2, 0) is 5.88 Å². The van der Waals surface area contributed by atoms with Crippen LogP contribution >= 0.6 is 23.2 Å². The van der Waals surface area contributed by atoms with Crippen LogP contribution in [0, 0.1) is 11.7 Å². The molecular weight excluding hydrogens is 286 g/mol. The maximum Gasteiger partial charge on any atom is 0.144 e. The van der Waals surface area contributed by atoms with Crippen LogP contribution in [0.15, 0.2) is 12.1 Å². The van der Waals surface area contributed by atoms with E-state index < -0.39 is 5.82 Å². The van der Waals surface area contributed by atoms with Crippen molar-refractivity contribution in [1.82, 2.24) is 9.55 Å². The van der Waals surface area contributed by atoms with Gasteiger partial charge in [-0.2, -0.15) is 0 Å². The fourth-order valence-electron chi connectivity index (χ4n) is 2.82. The zero-order chi connectivity index (χ0) is 13.6. The summed E-state index contributed by atoms with van der Waals surface area (Å²) in [5, 5.41) is 0.106. The molecule has 2 aromatic rings. The Morgan fingerprint density at radius 3 is 2.79 bits per heavy atom. The molecule has 1 aromatic carbocycles. The first-order chi connectivity index (χ1) is 9.11. The van der Waals surface area contributed by atoms with E-state index in [0.717, 1.165) is 11.3 Å². The van der Waals surface area contributed by atoms with Crippen LogP contribution in [-0.4, -0.2) is 9.55 Å². The van der Waals surface area contributed by atoms with E-state index in [1.807, 2.05) is 0 Å². The number of aromatic nitrogens is 2. The highest BCUT2D eigenvalue weighted by atomic mass is 35.5. The van der Waals surface area contributed by atoms with E-state index in [1.165, 1.54) is 25.3 Å². The Hall–Kier alpha value is -0.800. The van der Waals surface area contributed by atoms with Gasteiger partial charge in [-0.1, -0.05) is 18.0 Å². The fourth-order valence-corrected chi connectivity index (χ4v) is 3.17. The van der Waals surface area contributed by atoms with E-state index in [4.69, 9.17) is 23.2 Å². The molecule has 1 heterocycles. The quantitative estimate of drug-likeness (QED) is 0.735. The molecule has 5 heteroatoms. The molecule has 1 aliphatic rings. The lowest BCUT2D eigenvalue weighted by atomic mass is 9.80. The molecule has 0 saturated heterocycles. The van der Waals surface area contributed by atoms with Gasteiger partial charge < -0.3 is 4.57 Å². The molecule has 0 bridgehead atoms. The van der Waals surface area contributed by atoms with E-state index in [1.54, 1.807) is 6.07 Å². The van der Waals surface area contributed by atoms with E-state index >= 15 is 0 Å². The summed E-state index contributed by atoms with van der Waals surface area (Å²) in [7, 11) is 0. The van der Waals surface area contributed by atoms with Crippen molar-refractivity contribution < 1.29 is 4.39 Å². The molecule has 1 unspecified atom stereocenters. The number of rotatable bonds is 3. The zero-order valence-corrected chi connectivity index (χ0v) is 12.2. The van der Waals surface area contributed by atoms with Crippen molar-refractivity contribution in [3.8, 4) is 0 Å². The first-order valence-corrected chi connectivity index (χ1v) is 7.45. The number of fused-ring (bicyclic) bond motifs is 1. The molecule has 1 fully saturated rings. The van der Waals surface area contributed by atoms with Gasteiger partial charge in [0.15, 0.2) is 0 Å². The molecule has 1 aromatic heterocycles. The monoisotopic (exact) mass is 300 g/mol. The third-order valence-corrected chi connectivity index (χ3v) is 4.69. The summed E-state index contributed by atoms with van der Waals surface area (Å²) in [6.45, 7) is 2.16. The third-order valence-electron chi connectivity index (χ3n) is 4.16. The smallest absolute Gasteiger partial charge is 0.144 e. The van der Waals surface area contributed by atoms with Crippen LogP contribution in [0.5, 0.6) is 0 Å². The topological polar surface area (TPSA) is 17.8 Å². The Kier molecular flexibility index (Phi) is 3.44. The second kappa shape index (κ2) is 4.95. The molecule has 2 nitrogen and oxygen atoms in total. The van der Waals surface area contributed by atoms with Crippen molar-refractivity contribution in [3.05, 3.63) is 28.8 Å². The predicted molar refractivity (Wildman–Crippen MR) is 76.3 cm³/mol. The summed E-state index contributed by atoms with van der Waals surface area (Å²) >= 11 is 11.8. The Morgan fingerprint density at radius 1 is 1.47 bits per heavy atom. The largest absolute Gasteiger partial charge is 0.324 e. The summed E-state index contributed by atoms with van der Waals surface area (Å²) in [5.74, 6) is 1.35. The lowest BCUT2D eigenvalue weighted by molar-refractivity contribution is 0.223. The number of hydrogen-bond acceptors (Lipinski definition) is 1. The van der Waals surface area contributed by atoms with Crippen molar-refractivity contribution in [3.63, 3.8) is 0 Å². The standard InChI is InChI=1S/C14H15Cl2FN2/c1-8(9-3-2-4-9)19-13-6-11(17)10(16)5-12(13)18-14(19)7-15/h5-6,8-9H,2-4,7H2,1H3. The number of hydrogen-bond donors (Lipinski definition) is 0. The first kappa shape index (κ1) is 13.2. The number of halogens is 3. The second-order valence-electron chi connectivity index (χ2n) is 5.22. The van der Waals surface area contributed by atoms with E-state index in [-0.39, 0.29) is 5.02 Å². The Labute approximate surface area is 121 Å². The highest BCUT2D eigenvalue weighted by Gasteiger charge is 2.28. The highest BCUT2D eigenvalue weighted by Crippen LogP contribution is 2.39. The maximum absolute atomic E-state index is 13.7. The Bertz CT molecular complexity index is 619. The van der Waals surface area contributed by atoms with Gasteiger partial charge in [0.25, 0.3) is 0 Å². The third kappa shape index (κ3) is 2.13. The van der Waals surface area contributed by atoms with E-state index in [2.05, 4.69) is 16.5 Å². The molecule has 0 radical (unpaired) electrons. The van der Waals surface area contributed by atoms with Crippen LogP contribution in [0.3, 0.4) is 0 Å². The van der Waals surface area contributed by atoms with Gasteiger partial charge in [-0.15, -0.1) is 11.6 Å². The average Bonchev–Trinajstić information content (AvgIpc) is 2.65. The van der Waals surface area contributed by atoms with Gasteiger partial charge in [-0.25, -0.2) is 9.37 Å². The zero-order valence-electron chi connectivity index (χ0n) is 10.7. The SMILES string of the molecule is CC(C1CCC1)n1c(CCl)nc2cc(Cl)c(F)cc21. The highest BCUT2D eigenvalue weighted by molar-refractivity contribution is 6.31. The number of alkyl halides is 1. The van der Waals surface area contributed by atoms with Crippen LogP contribution in [0.25, 0.3) is 11.0 Å². The minimum absolute atomic E-state index is 0.106. The molecule has 1 atom stereocenters. The van der Waals surface area contributed by atoms with Crippen molar-refractivity contribution in [2.24, 2.45) is 5.92 Å². The number of nitrogens with zero attached hydrogens (tertiary/aromatic N) is 2. The molecule has 0 aliphatic heterocycles. The van der Waals surface area contributed by atoms with Gasteiger partial charge in [0, 0.05) is 12.1 Å². The normalized spacial score (nSPS) is 17.7. The minimum atomic E-state index is -0.405. The summed E-state index contributed by atoms with van der Waals surface area (Å²) in [6.07, 6.45) is 3.72. The average molecular weight is 301 g/mol. The second-order valence-corrected chi connectivity index (χ2v) is 5.89. The van der Waals surface area contributed by atoms with Gasteiger partial charge in [0.05, 0.1) is 21.9 Å².